The summed E-state index contributed by atoms with van der Waals surface area (Å²) < 4.78 is 1.85. The molecule has 0 amide bonds. The molecule has 2 aromatic rings. The average Bonchev–Trinajstić information content (AvgIpc) is 2.55. The van der Waals surface area contributed by atoms with E-state index in [1.807, 2.05) is 19.9 Å². The lowest BCUT2D eigenvalue weighted by Crippen LogP contribution is -2.40. The van der Waals surface area contributed by atoms with E-state index in [2.05, 4.69) is 41.2 Å². The summed E-state index contributed by atoms with van der Waals surface area (Å²) in [7, 11) is 1.64. The van der Waals surface area contributed by atoms with Gasteiger partial charge in [0, 0.05) is 37.9 Å². The molecule has 1 N–H and O–H groups in total. The van der Waals surface area contributed by atoms with Gasteiger partial charge in [-0.15, -0.1) is 0 Å². The normalized spacial score (nSPS) is 15.6. The van der Waals surface area contributed by atoms with Gasteiger partial charge in [-0.3, -0.25) is 4.79 Å². The van der Waals surface area contributed by atoms with E-state index in [1.165, 1.54) is 4.68 Å². The van der Waals surface area contributed by atoms with Crippen molar-refractivity contribution in [2.75, 3.05) is 23.3 Å². The Balaban J connectivity index is 1.65. The minimum Gasteiger partial charge on any atom is -0.380 e. The molecule has 8 heteroatoms. The molecule has 2 aromatic heterocycles. The van der Waals surface area contributed by atoms with Crippen LogP contribution in [0.4, 0.5) is 11.5 Å². The number of aromatic nitrogens is 4. The van der Waals surface area contributed by atoms with Crippen LogP contribution in [-0.2, 0) is 7.05 Å². The van der Waals surface area contributed by atoms with Crippen molar-refractivity contribution in [3.05, 3.63) is 38.6 Å². The lowest BCUT2D eigenvalue weighted by Gasteiger charge is -2.33. The molecule has 7 nitrogen and oxygen atoms in total. The Hall–Kier alpha value is -1.96. The van der Waals surface area contributed by atoms with E-state index < -0.39 is 0 Å². The third-order valence-corrected chi connectivity index (χ3v) is 4.98. The quantitative estimate of drug-likeness (QED) is 0.860. The highest BCUT2D eigenvalue weighted by molar-refractivity contribution is 9.10. The van der Waals surface area contributed by atoms with E-state index in [9.17, 15) is 4.79 Å². The molecule has 0 unspecified atom stereocenters. The van der Waals surface area contributed by atoms with E-state index in [4.69, 9.17) is 0 Å². The molecule has 0 atom stereocenters. The standard InChI is InChI=1S/C16H21BrN6O/c1-10-8-14(20-11(2)19-10)23-6-4-12(5-7-23)21-13-9-18-22(3)16(24)15(13)17/h8-9,12,21H,4-7H2,1-3H3. The maximum absolute atomic E-state index is 11.9. The Morgan fingerprint density at radius 2 is 1.96 bits per heavy atom. The highest BCUT2D eigenvalue weighted by Crippen LogP contribution is 2.23. The van der Waals surface area contributed by atoms with Crippen LogP contribution in [0.2, 0.25) is 0 Å². The molecule has 3 rings (SSSR count). The zero-order valence-corrected chi connectivity index (χ0v) is 15.7. The summed E-state index contributed by atoms with van der Waals surface area (Å²) in [6, 6.07) is 2.35. The zero-order valence-electron chi connectivity index (χ0n) is 14.1. The van der Waals surface area contributed by atoms with Crippen LogP contribution in [0.15, 0.2) is 21.5 Å². The summed E-state index contributed by atoms with van der Waals surface area (Å²) in [6.45, 7) is 5.76. The Labute approximate surface area is 149 Å². The zero-order chi connectivity index (χ0) is 17.3. The SMILES string of the molecule is Cc1cc(N2CCC(Nc3cnn(C)c(=O)c3Br)CC2)nc(C)n1. The van der Waals surface area contributed by atoms with Gasteiger partial charge in [0.05, 0.1) is 11.9 Å². The summed E-state index contributed by atoms with van der Waals surface area (Å²) in [5.74, 6) is 1.80. The number of nitrogens with one attached hydrogen (secondary N) is 1. The fraction of sp³-hybridized carbons (Fsp3) is 0.500. The van der Waals surface area contributed by atoms with E-state index in [0.717, 1.165) is 49.0 Å². The van der Waals surface area contributed by atoms with Crippen molar-refractivity contribution >= 4 is 27.4 Å². The van der Waals surface area contributed by atoms with Gasteiger partial charge in [0.15, 0.2) is 0 Å². The second-order valence-electron chi connectivity index (χ2n) is 6.12. The molecule has 3 heterocycles. The van der Waals surface area contributed by atoms with Crippen molar-refractivity contribution in [3.8, 4) is 0 Å². The van der Waals surface area contributed by atoms with Crippen molar-refractivity contribution < 1.29 is 0 Å². The molecular weight excluding hydrogens is 372 g/mol. The predicted molar refractivity (Wildman–Crippen MR) is 97.5 cm³/mol. The van der Waals surface area contributed by atoms with E-state index in [0.29, 0.717) is 10.5 Å². The lowest BCUT2D eigenvalue weighted by atomic mass is 10.0. The van der Waals surface area contributed by atoms with Crippen LogP contribution in [-0.4, -0.2) is 38.9 Å². The van der Waals surface area contributed by atoms with Gasteiger partial charge >= 0.3 is 0 Å². The smallest absolute Gasteiger partial charge is 0.282 e. The van der Waals surface area contributed by atoms with Gasteiger partial charge in [0.1, 0.15) is 16.1 Å². The topological polar surface area (TPSA) is 75.9 Å². The van der Waals surface area contributed by atoms with E-state index in [1.54, 1.807) is 13.2 Å². The average molecular weight is 393 g/mol. The third-order valence-electron chi connectivity index (χ3n) is 4.21. The van der Waals surface area contributed by atoms with Crippen LogP contribution in [0.5, 0.6) is 0 Å². The molecule has 24 heavy (non-hydrogen) atoms. The van der Waals surface area contributed by atoms with E-state index in [-0.39, 0.29) is 5.56 Å². The molecule has 0 bridgehead atoms. The first-order valence-corrected chi connectivity index (χ1v) is 8.79. The number of hydrogen-bond acceptors (Lipinski definition) is 6. The molecule has 1 aliphatic heterocycles. The Morgan fingerprint density at radius 1 is 1.25 bits per heavy atom. The largest absolute Gasteiger partial charge is 0.380 e. The maximum Gasteiger partial charge on any atom is 0.282 e. The Morgan fingerprint density at radius 3 is 2.62 bits per heavy atom. The molecule has 0 aromatic carbocycles. The first kappa shape index (κ1) is 16.9. The molecule has 0 saturated carbocycles. The first-order chi connectivity index (χ1) is 11.4. The number of nitrogens with zero attached hydrogens (tertiary/aromatic N) is 5. The number of anilines is 2. The summed E-state index contributed by atoms with van der Waals surface area (Å²) >= 11 is 3.36. The van der Waals surface area contributed by atoms with Crippen molar-refractivity contribution in [1.29, 1.82) is 0 Å². The highest BCUT2D eigenvalue weighted by Gasteiger charge is 2.21. The summed E-state index contributed by atoms with van der Waals surface area (Å²) in [4.78, 5) is 23.1. The fourth-order valence-corrected chi connectivity index (χ4v) is 3.42. The van der Waals surface area contributed by atoms with Crippen LogP contribution in [0, 0.1) is 13.8 Å². The molecule has 1 fully saturated rings. The minimum absolute atomic E-state index is 0.135. The summed E-state index contributed by atoms with van der Waals surface area (Å²) in [5, 5.41) is 7.50. The number of hydrogen-bond donors (Lipinski definition) is 1. The maximum atomic E-state index is 11.9. The Kier molecular flexibility index (Phi) is 4.84. The monoisotopic (exact) mass is 392 g/mol. The van der Waals surface area contributed by atoms with Crippen molar-refractivity contribution in [2.24, 2.45) is 7.05 Å². The van der Waals surface area contributed by atoms with Crippen LogP contribution in [0.3, 0.4) is 0 Å². The van der Waals surface area contributed by atoms with Crippen LogP contribution >= 0.6 is 15.9 Å². The molecule has 128 valence electrons. The second kappa shape index (κ2) is 6.88. The highest BCUT2D eigenvalue weighted by atomic mass is 79.9. The minimum atomic E-state index is -0.135. The molecule has 0 radical (unpaired) electrons. The molecular formula is C16H21BrN6O. The molecule has 1 saturated heterocycles. The first-order valence-electron chi connectivity index (χ1n) is 7.99. The molecule has 1 aliphatic rings. The van der Waals surface area contributed by atoms with Crippen molar-refractivity contribution in [1.82, 2.24) is 19.7 Å². The summed E-state index contributed by atoms with van der Waals surface area (Å²) in [6.07, 6.45) is 3.64. The summed E-state index contributed by atoms with van der Waals surface area (Å²) in [5.41, 5.74) is 1.61. The fourth-order valence-electron chi connectivity index (χ4n) is 2.94. The van der Waals surface area contributed by atoms with Crippen LogP contribution in [0.25, 0.3) is 0 Å². The van der Waals surface area contributed by atoms with Crippen molar-refractivity contribution in [2.45, 2.75) is 32.7 Å². The van der Waals surface area contributed by atoms with Gasteiger partial charge in [0.2, 0.25) is 0 Å². The van der Waals surface area contributed by atoms with Gasteiger partial charge in [-0.05, 0) is 42.6 Å². The van der Waals surface area contributed by atoms with E-state index >= 15 is 0 Å². The van der Waals surface area contributed by atoms with Crippen LogP contribution in [0.1, 0.15) is 24.4 Å². The van der Waals surface area contributed by atoms with Gasteiger partial charge in [-0.25, -0.2) is 14.6 Å². The van der Waals surface area contributed by atoms with Gasteiger partial charge in [-0.1, -0.05) is 0 Å². The van der Waals surface area contributed by atoms with Gasteiger partial charge in [0.25, 0.3) is 5.56 Å². The van der Waals surface area contributed by atoms with Crippen molar-refractivity contribution in [3.63, 3.8) is 0 Å². The molecule has 0 aliphatic carbocycles. The van der Waals surface area contributed by atoms with Gasteiger partial charge < -0.3 is 10.2 Å². The lowest BCUT2D eigenvalue weighted by molar-refractivity contribution is 0.522. The number of halogens is 1. The number of piperidine rings is 1. The molecule has 0 spiro atoms. The Bertz CT molecular complexity index is 777. The third kappa shape index (κ3) is 3.58. The number of rotatable bonds is 3. The van der Waals surface area contributed by atoms with Gasteiger partial charge in [-0.2, -0.15) is 5.10 Å². The van der Waals surface area contributed by atoms with Crippen LogP contribution < -0.4 is 15.8 Å². The second-order valence-corrected chi connectivity index (χ2v) is 6.91. The number of aryl methyl sites for hydroxylation is 3. The predicted octanol–water partition coefficient (Wildman–Crippen LogP) is 2.03.